The number of aliphatic carboxylic acids is 2. The van der Waals surface area contributed by atoms with E-state index in [1.54, 1.807) is 12.1 Å². The molecule has 3 unspecified atom stereocenters. The molecule has 2 rings (SSSR count). The van der Waals surface area contributed by atoms with Crippen molar-refractivity contribution in [2.75, 3.05) is 6.54 Å². The highest BCUT2D eigenvalue weighted by molar-refractivity contribution is 5.92. The number of aromatic amines is 1. The van der Waals surface area contributed by atoms with Crippen molar-refractivity contribution in [2.45, 2.75) is 43.8 Å². The van der Waals surface area contributed by atoms with E-state index in [-0.39, 0.29) is 25.0 Å². The van der Waals surface area contributed by atoms with Crippen LogP contribution in [0.15, 0.2) is 36.8 Å². The van der Waals surface area contributed by atoms with Crippen molar-refractivity contribution in [3.8, 4) is 5.75 Å². The summed E-state index contributed by atoms with van der Waals surface area (Å²) in [4.78, 5) is 66.2. The van der Waals surface area contributed by atoms with Crippen LogP contribution in [0.4, 0.5) is 0 Å². The second-order valence-electron chi connectivity index (χ2n) is 7.93. The van der Waals surface area contributed by atoms with Crippen molar-refractivity contribution in [2.24, 2.45) is 5.73 Å². The number of carboxylic acid groups (broad SMARTS) is 2. The molecule has 1 heterocycles. The zero-order chi connectivity index (χ0) is 26.7. The predicted molar refractivity (Wildman–Crippen MR) is 123 cm³/mol. The molecule has 0 aliphatic carbocycles. The second-order valence-corrected chi connectivity index (χ2v) is 7.93. The van der Waals surface area contributed by atoms with Crippen LogP contribution in [0.3, 0.4) is 0 Å². The topological polar surface area (TPSA) is 237 Å². The summed E-state index contributed by atoms with van der Waals surface area (Å²) in [6.07, 6.45) is 2.28. The molecule has 0 saturated heterocycles. The lowest BCUT2D eigenvalue weighted by Gasteiger charge is -2.21. The molecule has 14 heteroatoms. The van der Waals surface area contributed by atoms with Crippen molar-refractivity contribution in [3.05, 3.63) is 48.0 Å². The summed E-state index contributed by atoms with van der Waals surface area (Å²) in [5.41, 5.74) is 7.15. The van der Waals surface area contributed by atoms with E-state index in [9.17, 15) is 29.1 Å². The number of benzene rings is 1. The Morgan fingerprint density at radius 3 is 2.25 bits per heavy atom. The summed E-state index contributed by atoms with van der Waals surface area (Å²) in [5, 5.41) is 34.4. The molecule has 14 nitrogen and oxygen atoms in total. The maximum absolute atomic E-state index is 12.8. The van der Waals surface area contributed by atoms with Gasteiger partial charge in [0, 0.05) is 31.2 Å². The number of imidazole rings is 1. The third-order valence-corrected chi connectivity index (χ3v) is 5.04. The highest BCUT2D eigenvalue weighted by Crippen LogP contribution is 2.12. The van der Waals surface area contributed by atoms with Gasteiger partial charge in [-0.15, -0.1) is 0 Å². The maximum atomic E-state index is 12.8. The zero-order valence-corrected chi connectivity index (χ0v) is 19.1. The largest absolute Gasteiger partial charge is 0.508 e. The van der Waals surface area contributed by atoms with Gasteiger partial charge in [-0.2, -0.15) is 0 Å². The molecule has 3 amide bonds. The number of aromatic nitrogens is 2. The molecule has 194 valence electrons. The first-order valence-corrected chi connectivity index (χ1v) is 10.9. The number of phenols is 1. The lowest BCUT2D eigenvalue weighted by molar-refractivity contribution is -0.143. The standard InChI is InChI=1S/C22H28N6O8/c23-15(8-13-9-24-11-26-13)20(33)28-17(7-12-1-3-14(29)4-2-12)21(34)25-10-18(30)27-16(22(35)36)5-6-19(31)32/h1-4,9,11,15-17,29H,5-8,10,23H2,(H,24,26)(H,25,34)(H,27,30)(H,28,33)(H,31,32)(H,35,36). The number of nitrogens with two attached hydrogens (primary N) is 1. The number of nitrogens with one attached hydrogen (secondary N) is 4. The summed E-state index contributed by atoms with van der Waals surface area (Å²) in [5.74, 6) is -4.85. The number of amides is 3. The number of carbonyl (C=O) groups is 5. The van der Waals surface area contributed by atoms with Gasteiger partial charge in [-0.1, -0.05) is 12.1 Å². The molecule has 2 aromatic rings. The van der Waals surface area contributed by atoms with Gasteiger partial charge in [0.1, 0.15) is 17.8 Å². The molecule has 0 spiro atoms. The zero-order valence-electron chi connectivity index (χ0n) is 19.1. The van der Waals surface area contributed by atoms with Gasteiger partial charge in [0.15, 0.2) is 0 Å². The van der Waals surface area contributed by atoms with Crippen LogP contribution < -0.4 is 21.7 Å². The van der Waals surface area contributed by atoms with Gasteiger partial charge < -0.3 is 42.0 Å². The van der Waals surface area contributed by atoms with E-state index < -0.39 is 60.8 Å². The number of hydrogen-bond acceptors (Lipinski definition) is 8. The number of carbonyl (C=O) groups excluding carboxylic acids is 3. The van der Waals surface area contributed by atoms with Gasteiger partial charge >= 0.3 is 11.9 Å². The SMILES string of the molecule is NC(Cc1cnc[nH]1)C(=O)NC(Cc1ccc(O)cc1)C(=O)NCC(=O)NC(CCC(=O)O)C(=O)O. The third kappa shape index (κ3) is 9.42. The Labute approximate surface area is 205 Å². The van der Waals surface area contributed by atoms with Crippen LogP contribution in [-0.4, -0.2) is 79.6 Å². The quantitative estimate of drug-likeness (QED) is 0.144. The fraction of sp³-hybridized carbons (Fsp3) is 0.364. The number of aromatic hydroxyl groups is 1. The van der Waals surface area contributed by atoms with Crippen molar-refractivity contribution < 1.29 is 39.3 Å². The van der Waals surface area contributed by atoms with E-state index in [2.05, 4.69) is 25.9 Å². The molecule has 0 bridgehead atoms. The number of rotatable bonds is 14. The summed E-state index contributed by atoms with van der Waals surface area (Å²) < 4.78 is 0. The van der Waals surface area contributed by atoms with E-state index in [0.29, 0.717) is 11.3 Å². The van der Waals surface area contributed by atoms with Gasteiger partial charge in [-0.25, -0.2) is 9.78 Å². The van der Waals surface area contributed by atoms with Crippen molar-refractivity contribution in [1.29, 1.82) is 0 Å². The van der Waals surface area contributed by atoms with Crippen LogP contribution in [-0.2, 0) is 36.8 Å². The van der Waals surface area contributed by atoms with E-state index >= 15 is 0 Å². The number of hydrogen-bond donors (Lipinski definition) is 8. The highest BCUT2D eigenvalue weighted by atomic mass is 16.4. The van der Waals surface area contributed by atoms with Crippen LogP contribution in [0.25, 0.3) is 0 Å². The molecule has 0 aliphatic rings. The van der Waals surface area contributed by atoms with Gasteiger partial charge in [-0.05, 0) is 24.1 Å². The average Bonchev–Trinajstić information content (AvgIpc) is 3.33. The monoisotopic (exact) mass is 504 g/mol. The number of carboxylic acids is 2. The van der Waals surface area contributed by atoms with E-state index in [4.69, 9.17) is 15.9 Å². The molecule has 1 aromatic carbocycles. The molecule has 0 fully saturated rings. The second kappa shape index (κ2) is 13.4. The smallest absolute Gasteiger partial charge is 0.326 e. The Hall–Kier alpha value is -4.46. The molecule has 0 radical (unpaired) electrons. The van der Waals surface area contributed by atoms with Crippen molar-refractivity contribution in [3.63, 3.8) is 0 Å². The van der Waals surface area contributed by atoms with E-state index in [1.807, 2.05) is 0 Å². The summed E-state index contributed by atoms with van der Waals surface area (Å²) >= 11 is 0. The van der Waals surface area contributed by atoms with Crippen LogP contribution in [0.5, 0.6) is 5.75 Å². The Kier molecular flexibility index (Phi) is 10.4. The van der Waals surface area contributed by atoms with Crippen LogP contribution in [0, 0.1) is 0 Å². The molecule has 0 aliphatic heterocycles. The first-order valence-electron chi connectivity index (χ1n) is 10.9. The lowest BCUT2D eigenvalue weighted by Crippen LogP contribution is -2.54. The van der Waals surface area contributed by atoms with Crippen LogP contribution >= 0.6 is 0 Å². The Bertz CT molecular complexity index is 1060. The summed E-state index contributed by atoms with van der Waals surface area (Å²) in [6.45, 7) is -0.613. The van der Waals surface area contributed by atoms with Crippen molar-refractivity contribution >= 4 is 29.7 Å². The number of phenolic OH excluding ortho intramolecular Hbond substituents is 1. The van der Waals surface area contributed by atoms with E-state index in [0.717, 1.165) is 0 Å². The normalized spacial score (nSPS) is 13.1. The van der Waals surface area contributed by atoms with Gasteiger partial charge in [-0.3, -0.25) is 19.2 Å². The fourth-order valence-corrected chi connectivity index (χ4v) is 3.14. The predicted octanol–water partition coefficient (Wildman–Crippen LogP) is -1.74. The summed E-state index contributed by atoms with van der Waals surface area (Å²) in [6, 6.07) is 2.33. The molecule has 1 aromatic heterocycles. The Morgan fingerprint density at radius 2 is 1.67 bits per heavy atom. The summed E-state index contributed by atoms with van der Waals surface area (Å²) in [7, 11) is 0. The molecule has 0 saturated carbocycles. The van der Waals surface area contributed by atoms with Crippen LogP contribution in [0.1, 0.15) is 24.1 Å². The Balaban J connectivity index is 2.02. The Morgan fingerprint density at radius 1 is 0.972 bits per heavy atom. The van der Waals surface area contributed by atoms with Gasteiger partial charge in [0.2, 0.25) is 17.7 Å². The number of nitrogens with zero attached hydrogens (tertiary/aromatic N) is 1. The van der Waals surface area contributed by atoms with E-state index in [1.165, 1.54) is 24.7 Å². The highest BCUT2D eigenvalue weighted by Gasteiger charge is 2.26. The maximum Gasteiger partial charge on any atom is 0.326 e. The fourth-order valence-electron chi connectivity index (χ4n) is 3.14. The molecular weight excluding hydrogens is 476 g/mol. The minimum Gasteiger partial charge on any atom is -0.508 e. The first kappa shape index (κ1) is 27.8. The molecule has 3 atom stereocenters. The van der Waals surface area contributed by atoms with Gasteiger partial charge in [0.25, 0.3) is 0 Å². The minimum absolute atomic E-state index is 0.00656. The van der Waals surface area contributed by atoms with Crippen LogP contribution in [0.2, 0.25) is 0 Å². The van der Waals surface area contributed by atoms with Gasteiger partial charge in [0.05, 0.1) is 18.9 Å². The third-order valence-electron chi connectivity index (χ3n) is 5.04. The molecular formula is C22H28N6O8. The lowest BCUT2D eigenvalue weighted by atomic mass is 10.0. The number of H-pyrrole nitrogens is 1. The minimum atomic E-state index is -1.45. The van der Waals surface area contributed by atoms with Crippen molar-refractivity contribution in [1.82, 2.24) is 25.9 Å². The first-order chi connectivity index (χ1) is 17.0. The average molecular weight is 505 g/mol. The molecule has 9 N–H and O–H groups in total. The molecule has 36 heavy (non-hydrogen) atoms.